The first-order chi connectivity index (χ1) is 50.3. The van der Waals surface area contributed by atoms with Gasteiger partial charge < -0.3 is 219 Å². The van der Waals surface area contributed by atoms with E-state index in [-0.39, 0.29) is 23.4 Å². The van der Waals surface area contributed by atoms with Crippen molar-refractivity contribution < 1.29 is 213 Å². The number of methoxy groups -OCH3 is 1. The van der Waals surface area contributed by atoms with Crippen LogP contribution in [0.15, 0.2) is 35.9 Å². The third kappa shape index (κ3) is 17.2. The van der Waals surface area contributed by atoms with Crippen molar-refractivity contribution in [1.29, 1.82) is 0 Å². The van der Waals surface area contributed by atoms with Gasteiger partial charge in [0.2, 0.25) is 12.2 Å². The summed E-state index contributed by atoms with van der Waals surface area (Å²) in [6, 6.07) is 6.02. The highest BCUT2D eigenvalue weighted by Gasteiger charge is 2.60. The summed E-state index contributed by atoms with van der Waals surface area (Å²) in [6.07, 6.45) is -76.7. The van der Waals surface area contributed by atoms with Crippen LogP contribution in [0.5, 0.6) is 5.75 Å². The fourth-order valence-corrected chi connectivity index (χ4v) is 14.1. The van der Waals surface area contributed by atoms with E-state index in [1.807, 2.05) is 0 Å². The Morgan fingerprint density at radius 2 is 0.519 bits per heavy atom. The van der Waals surface area contributed by atoms with Crippen molar-refractivity contribution in [2.75, 3.05) is 60.0 Å². The number of hydrogen-bond donors (Lipinski definition) is 27. The summed E-state index contributed by atoms with van der Waals surface area (Å²) in [5, 5.41) is 286. The number of aliphatic hydroxyl groups is 26. The van der Waals surface area contributed by atoms with E-state index in [0.29, 0.717) is 6.42 Å². The summed E-state index contributed by atoms with van der Waals surface area (Å²) in [4.78, 5) is 0. The Morgan fingerprint density at radius 3 is 0.726 bits per heavy atom. The van der Waals surface area contributed by atoms with Gasteiger partial charge in [0.05, 0.1) is 52.9 Å². The summed E-state index contributed by atoms with van der Waals surface area (Å²) < 4.78 is 96.4. The van der Waals surface area contributed by atoms with Gasteiger partial charge in [-0.05, 0) is 24.1 Å². The minimum Gasteiger partial charge on any atom is -0.506 e. The largest absolute Gasteiger partial charge is 0.506 e. The van der Waals surface area contributed by atoms with Crippen LogP contribution in [0.1, 0.15) is 19.4 Å². The van der Waals surface area contributed by atoms with Crippen LogP contribution in [0.25, 0.3) is 0 Å². The van der Waals surface area contributed by atoms with Crippen LogP contribution in [-0.4, -0.2) is 444 Å². The average molecular weight is 1550 g/mol. The van der Waals surface area contributed by atoms with Crippen molar-refractivity contribution in [3.05, 3.63) is 41.5 Å². The number of benzene rings is 1. The van der Waals surface area contributed by atoms with E-state index in [1.165, 1.54) is 19.2 Å². The van der Waals surface area contributed by atoms with Gasteiger partial charge in [-0.2, -0.15) is 0 Å². The van der Waals surface area contributed by atoms with Crippen LogP contribution in [0.2, 0.25) is 0 Å². The maximum absolute atomic E-state index is 11.5. The van der Waals surface area contributed by atoms with Gasteiger partial charge in [-0.15, -0.1) is 0 Å². The van der Waals surface area contributed by atoms with Crippen LogP contribution >= 0.6 is 0 Å². The van der Waals surface area contributed by atoms with E-state index in [9.17, 15) is 133 Å². The van der Waals surface area contributed by atoms with E-state index in [2.05, 4.69) is 5.32 Å². The topological polar surface area (TPSA) is 695 Å². The molecule has 44 heteroatoms. The molecule has 44 nitrogen and oxygen atoms in total. The van der Waals surface area contributed by atoms with Crippen LogP contribution in [0.3, 0.4) is 0 Å². The maximum atomic E-state index is 11.5. The smallest absolute Gasteiger partial charge is 0.229 e. The predicted molar refractivity (Wildman–Crippen MR) is 331 cm³/mol. The van der Waals surface area contributed by atoms with Gasteiger partial charge in [-0.1, -0.05) is 26.0 Å². The number of ether oxygens (including phenoxy) is 17. The molecule has 8 fully saturated rings. The fraction of sp³-hybridized carbons (Fsp3) is 0.871. The molecule has 9 aliphatic heterocycles. The van der Waals surface area contributed by atoms with Crippen LogP contribution in [0, 0.1) is 5.41 Å². The Kier molecular flexibility index (Phi) is 29.0. The first kappa shape index (κ1) is 85.0. The van der Waals surface area contributed by atoms with Gasteiger partial charge in [-0.3, -0.25) is 0 Å². The fourth-order valence-electron chi connectivity index (χ4n) is 14.1. The van der Waals surface area contributed by atoms with E-state index in [1.54, 1.807) is 26.0 Å². The number of nitrogens with one attached hydrogen (secondary N) is 1. The molecule has 9 aliphatic rings. The zero-order valence-corrected chi connectivity index (χ0v) is 56.9. The van der Waals surface area contributed by atoms with Gasteiger partial charge >= 0.3 is 0 Å². The molecule has 0 radical (unpaired) electrons. The second-order valence-electron chi connectivity index (χ2n) is 27.6. The molecule has 1 aromatic rings. The van der Waals surface area contributed by atoms with Crippen LogP contribution in [-0.2, 0) is 82.2 Å². The lowest BCUT2D eigenvalue weighted by Crippen LogP contribution is -2.68. The quantitative estimate of drug-likeness (QED) is 0.0389. The van der Waals surface area contributed by atoms with Crippen molar-refractivity contribution in [2.45, 2.75) is 272 Å². The lowest BCUT2D eigenvalue weighted by Gasteiger charge is -2.50. The molecule has 0 saturated carbocycles. The number of hydrogen-bond acceptors (Lipinski definition) is 44. The maximum Gasteiger partial charge on any atom is 0.229 e. The van der Waals surface area contributed by atoms with Crippen molar-refractivity contribution >= 4 is 0 Å². The molecule has 0 bridgehead atoms. The highest BCUT2D eigenvalue weighted by molar-refractivity contribution is 5.30. The zero-order valence-electron chi connectivity index (χ0n) is 56.9. The zero-order chi connectivity index (χ0) is 77.4. The standard InChI is InChI=1S/C62H99NO43/c1-62(2)27(63-53(89)52(62)88)8-17-4-6-18(7-5-17)91-54-37(81)29(73)45(20(10-65)93-54)101-56-39(83)31(75)47(22(12-67)95-56)103-58-41(85)33(77)49(24(14-69)97-58)105-60-43(87)35(79)51(26(16-71)99-60)106-61-42(86)34(78)50(25(15-70)98-61)104-59-40(84)32(76)48(23(13-68)96-59)102-57-38(82)30(74)46(21(11-66)94-57)100-55-36(80)28(72)44(90-3)19(9-64)92-55/h4-7,19-51,54-61,63-89H,8-16H2,1-3H3. The molecule has 9 heterocycles. The molecule has 10 rings (SSSR count). The Labute approximate surface area is 601 Å². The first-order valence-corrected chi connectivity index (χ1v) is 34.1. The predicted octanol–water partition coefficient (Wildman–Crippen LogP) is -14.9. The summed E-state index contributed by atoms with van der Waals surface area (Å²) in [5.41, 5.74) is -0.0329. The molecule has 0 aromatic heterocycles. The average Bonchev–Trinajstić information content (AvgIpc) is 0.982. The van der Waals surface area contributed by atoms with Gasteiger partial charge in [0.1, 0.15) is 201 Å². The summed E-state index contributed by atoms with van der Waals surface area (Å²) in [5.74, 6) is -0.370. The second-order valence-corrected chi connectivity index (χ2v) is 27.6. The molecule has 0 spiro atoms. The summed E-state index contributed by atoms with van der Waals surface area (Å²) in [6.45, 7) is -4.45. The monoisotopic (exact) mass is 1550 g/mol. The normalized spacial score (nSPS) is 48.8. The SMILES string of the molecule is COC1C(CO)OC(OC2C(CO)OC(OC3C(CO)OC(OC4C(CO)OC(OC5C(CO)OC(OC6C(CO)OC(OC7C(CO)OC(OC8C(CO)OC(Oc9ccc(CC%10NC(O)=C(O)C%10(C)C)cc9)C(O)C8O)C(O)C7O)C(O)C6O)C(O)C5O)C(O)C4O)C(O)C3O)C(O)C2O)C(O)C1O. The third-order valence-electron chi connectivity index (χ3n) is 20.5. The highest BCUT2D eigenvalue weighted by atomic mass is 16.8. The van der Waals surface area contributed by atoms with Gasteiger partial charge in [0.25, 0.3) is 0 Å². The Hall–Kier alpha value is -3.44. The first-order valence-electron chi connectivity index (χ1n) is 34.1. The molecule has 0 amide bonds. The molecule has 1 aromatic carbocycles. The Bertz CT molecular complexity index is 2900. The highest BCUT2D eigenvalue weighted by Crippen LogP contribution is 2.41. The molecule has 0 aliphatic carbocycles. The van der Waals surface area contributed by atoms with Crippen LogP contribution in [0.4, 0.5) is 0 Å². The Morgan fingerprint density at radius 1 is 0.311 bits per heavy atom. The van der Waals surface area contributed by atoms with Crippen LogP contribution < -0.4 is 10.1 Å². The van der Waals surface area contributed by atoms with E-state index in [0.717, 1.165) is 5.56 Å². The van der Waals surface area contributed by atoms with E-state index >= 15 is 0 Å². The van der Waals surface area contributed by atoms with Crippen molar-refractivity contribution in [3.63, 3.8) is 0 Å². The summed E-state index contributed by atoms with van der Waals surface area (Å²) >= 11 is 0. The van der Waals surface area contributed by atoms with E-state index in [4.69, 9.17) is 80.5 Å². The second kappa shape index (κ2) is 36.1. The molecular formula is C62H99NO43. The van der Waals surface area contributed by atoms with Gasteiger partial charge in [-0.25, -0.2) is 0 Å². The minimum absolute atomic E-state index is 0.148. The molecule has 106 heavy (non-hydrogen) atoms. The van der Waals surface area contributed by atoms with Crippen molar-refractivity contribution in [1.82, 2.24) is 5.32 Å². The van der Waals surface area contributed by atoms with Gasteiger partial charge in [0.15, 0.2) is 49.8 Å². The number of rotatable bonds is 27. The lowest BCUT2D eigenvalue weighted by atomic mass is 9.82. The van der Waals surface area contributed by atoms with Crippen molar-refractivity contribution in [3.8, 4) is 5.75 Å². The van der Waals surface area contributed by atoms with Crippen molar-refractivity contribution in [2.24, 2.45) is 5.41 Å². The number of aliphatic hydroxyl groups excluding tert-OH is 26. The summed E-state index contributed by atoms with van der Waals surface area (Å²) in [7, 11) is 1.18. The molecule has 41 unspecified atom stereocenters. The molecule has 41 atom stereocenters. The lowest BCUT2D eigenvalue weighted by molar-refractivity contribution is -0.399. The molecule has 27 N–H and O–H groups in total. The molecule has 610 valence electrons. The Balaban J connectivity index is 0.703. The molecule has 8 saturated heterocycles. The third-order valence-corrected chi connectivity index (χ3v) is 20.5. The van der Waals surface area contributed by atoms with E-state index < -0.39 is 304 Å². The van der Waals surface area contributed by atoms with Gasteiger partial charge in [0, 0.05) is 18.6 Å². The minimum atomic E-state index is -2.28. The molecular weight excluding hydrogens is 1450 g/mol.